The van der Waals surface area contributed by atoms with E-state index in [1.807, 2.05) is 0 Å². The molecule has 80 valence electrons. The zero-order valence-electron chi connectivity index (χ0n) is 8.26. The van der Waals surface area contributed by atoms with Crippen molar-refractivity contribution in [3.05, 3.63) is 54.1 Å². The van der Waals surface area contributed by atoms with Crippen LogP contribution in [0.1, 0.15) is 10.4 Å². The number of benzene rings is 1. The van der Waals surface area contributed by atoms with Crippen LogP contribution in [0.15, 0.2) is 42.7 Å². The number of aromatic nitrogens is 1. The zero-order valence-corrected chi connectivity index (χ0v) is 8.26. The molecule has 0 N–H and O–H groups in total. The van der Waals surface area contributed by atoms with Crippen molar-refractivity contribution < 1.29 is 13.9 Å². The summed E-state index contributed by atoms with van der Waals surface area (Å²) < 4.78 is 18.2. The lowest BCUT2D eigenvalue weighted by Gasteiger charge is -2.06. The van der Waals surface area contributed by atoms with Crippen molar-refractivity contribution in [2.45, 2.75) is 0 Å². The second-order valence-electron chi connectivity index (χ2n) is 3.09. The van der Waals surface area contributed by atoms with Crippen LogP contribution in [0.5, 0.6) is 11.5 Å². The van der Waals surface area contributed by atoms with E-state index < -0.39 is 5.82 Å². The first-order valence-electron chi connectivity index (χ1n) is 4.62. The van der Waals surface area contributed by atoms with Crippen LogP contribution < -0.4 is 4.74 Å². The molecule has 0 aliphatic rings. The third-order valence-corrected chi connectivity index (χ3v) is 1.96. The zero-order chi connectivity index (χ0) is 11.4. The molecule has 0 saturated heterocycles. The number of halogens is 1. The fourth-order valence-electron chi connectivity index (χ4n) is 1.24. The summed E-state index contributed by atoms with van der Waals surface area (Å²) in [6, 6.07) is 7.17. The molecule has 0 aliphatic carbocycles. The Hall–Kier alpha value is -2.23. The van der Waals surface area contributed by atoms with E-state index >= 15 is 0 Å². The normalized spacial score (nSPS) is 9.81. The van der Waals surface area contributed by atoms with Crippen molar-refractivity contribution in [3.63, 3.8) is 0 Å². The third-order valence-electron chi connectivity index (χ3n) is 1.96. The molecule has 4 heteroatoms. The summed E-state index contributed by atoms with van der Waals surface area (Å²) in [7, 11) is 0. The van der Waals surface area contributed by atoms with Gasteiger partial charge in [0.25, 0.3) is 0 Å². The van der Waals surface area contributed by atoms with E-state index in [2.05, 4.69) is 4.98 Å². The molecule has 0 saturated carbocycles. The van der Waals surface area contributed by atoms with E-state index in [-0.39, 0.29) is 5.56 Å². The van der Waals surface area contributed by atoms with Gasteiger partial charge in [0.1, 0.15) is 17.3 Å². The van der Waals surface area contributed by atoms with Gasteiger partial charge in [0, 0.05) is 6.20 Å². The Morgan fingerprint density at radius 3 is 2.88 bits per heavy atom. The van der Waals surface area contributed by atoms with Crippen molar-refractivity contribution in [2.24, 2.45) is 0 Å². The van der Waals surface area contributed by atoms with E-state index in [0.29, 0.717) is 17.8 Å². The molecule has 0 unspecified atom stereocenters. The second kappa shape index (κ2) is 4.53. The van der Waals surface area contributed by atoms with Crippen LogP contribution in [-0.2, 0) is 0 Å². The smallest absolute Gasteiger partial charge is 0.153 e. The molecule has 0 amide bonds. The van der Waals surface area contributed by atoms with Crippen LogP contribution >= 0.6 is 0 Å². The molecule has 0 spiro atoms. The Kier molecular flexibility index (Phi) is 2.91. The summed E-state index contributed by atoms with van der Waals surface area (Å²) in [6.07, 6.45) is 3.67. The summed E-state index contributed by atoms with van der Waals surface area (Å²) in [6.45, 7) is 0. The Labute approximate surface area is 91.5 Å². The molecule has 2 aromatic rings. The van der Waals surface area contributed by atoms with E-state index in [9.17, 15) is 9.18 Å². The van der Waals surface area contributed by atoms with Gasteiger partial charge in [0.05, 0.1) is 11.8 Å². The number of ether oxygens (including phenoxy) is 1. The van der Waals surface area contributed by atoms with E-state index in [4.69, 9.17) is 4.74 Å². The van der Waals surface area contributed by atoms with Gasteiger partial charge in [0.15, 0.2) is 6.29 Å². The molecule has 0 aliphatic heterocycles. The van der Waals surface area contributed by atoms with Crippen LogP contribution in [0, 0.1) is 5.82 Å². The first-order chi connectivity index (χ1) is 7.79. The number of nitrogens with zero attached hydrogens (tertiary/aromatic N) is 1. The minimum absolute atomic E-state index is 0.170. The van der Waals surface area contributed by atoms with Crippen LogP contribution in [0.3, 0.4) is 0 Å². The van der Waals surface area contributed by atoms with Crippen LogP contribution in [0.2, 0.25) is 0 Å². The molecular formula is C12H8FNO2. The summed E-state index contributed by atoms with van der Waals surface area (Å²) >= 11 is 0. The molecule has 0 radical (unpaired) electrons. The van der Waals surface area contributed by atoms with Gasteiger partial charge in [-0.25, -0.2) is 4.39 Å². The Morgan fingerprint density at radius 1 is 1.31 bits per heavy atom. The summed E-state index contributed by atoms with van der Waals surface area (Å²) in [5, 5.41) is 0. The standard InChI is InChI=1S/C12H8FNO2/c13-10-3-4-12(9(6-10)8-15)16-11-2-1-5-14-7-11/h1-8H. The lowest BCUT2D eigenvalue weighted by molar-refractivity contribution is 0.112. The van der Waals surface area contributed by atoms with Crippen molar-refractivity contribution in [2.75, 3.05) is 0 Å². The van der Waals surface area contributed by atoms with Gasteiger partial charge < -0.3 is 4.74 Å². The highest BCUT2D eigenvalue weighted by molar-refractivity contribution is 5.79. The van der Waals surface area contributed by atoms with Gasteiger partial charge in [-0.05, 0) is 30.3 Å². The molecule has 1 aromatic heterocycles. The molecule has 3 nitrogen and oxygen atoms in total. The SMILES string of the molecule is O=Cc1cc(F)ccc1Oc1cccnc1. The lowest BCUT2D eigenvalue weighted by Crippen LogP contribution is -1.91. The lowest BCUT2D eigenvalue weighted by atomic mass is 10.2. The molecule has 2 rings (SSSR count). The Morgan fingerprint density at radius 2 is 2.19 bits per heavy atom. The van der Waals surface area contributed by atoms with Crippen LogP contribution in [0.4, 0.5) is 4.39 Å². The first kappa shape index (κ1) is 10.3. The Balaban J connectivity index is 2.31. The van der Waals surface area contributed by atoms with Crippen molar-refractivity contribution in [1.82, 2.24) is 4.98 Å². The number of carbonyl (C=O) groups is 1. The molecule has 0 bridgehead atoms. The molecule has 1 aromatic carbocycles. The maximum Gasteiger partial charge on any atom is 0.153 e. The highest BCUT2D eigenvalue weighted by Gasteiger charge is 2.05. The van der Waals surface area contributed by atoms with E-state index in [0.717, 1.165) is 6.07 Å². The fourth-order valence-corrected chi connectivity index (χ4v) is 1.24. The average Bonchev–Trinajstić information content (AvgIpc) is 2.33. The maximum absolute atomic E-state index is 12.8. The van der Waals surface area contributed by atoms with Gasteiger partial charge in [-0.2, -0.15) is 0 Å². The molecule has 16 heavy (non-hydrogen) atoms. The van der Waals surface area contributed by atoms with Gasteiger partial charge >= 0.3 is 0 Å². The van der Waals surface area contributed by atoms with E-state index in [1.165, 1.54) is 18.3 Å². The van der Waals surface area contributed by atoms with Gasteiger partial charge in [-0.15, -0.1) is 0 Å². The number of carbonyl (C=O) groups excluding carboxylic acids is 1. The fraction of sp³-hybridized carbons (Fsp3) is 0. The topological polar surface area (TPSA) is 39.2 Å². The number of hydrogen-bond acceptors (Lipinski definition) is 3. The van der Waals surface area contributed by atoms with Gasteiger partial charge in [-0.3, -0.25) is 9.78 Å². The molecule has 1 heterocycles. The second-order valence-corrected chi connectivity index (χ2v) is 3.09. The number of hydrogen-bond donors (Lipinski definition) is 0. The highest BCUT2D eigenvalue weighted by Crippen LogP contribution is 2.24. The minimum Gasteiger partial charge on any atom is -0.455 e. The van der Waals surface area contributed by atoms with E-state index in [1.54, 1.807) is 18.3 Å². The average molecular weight is 217 g/mol. The predicted molar refractivity (Wildman–Crippen MR) is 56.1 cm³/mol. The van der Waals surface area contributed by atoms with Crippen LogP contribution in [-0.4, -0.2) is 11.3 Å². The minimum atomic E-state index is -0.472. The molecule has 0 fully saturated rings. The number of rotatable bonds is 3. The third kappa shape index (κ3) is 2.23. The highest BCUT2D eigenvalue weighted by atomic mass is 19.1. The monoisotopic (exact) mass is 217 g/mol. The summed E-state index contributed by atoms with van der Waals surface area (Å²) in [5.41, 5.74) is 0.170. The van der Waals surface area contributed by atoms with Crippen molar-refractivity contribution in [3.8, 4) is 11.5 Å². The van der Waals surface area contributed by atoms with Gasteiger partial charge in [0.2, 0.25) is 0 Å². The summed E-state index contributed by atoms with van der Waals surface area (Å²) in [4.78, 5) is 14.6. The van der Waals surface area contributed by atoms with Crippen molar-refractivity contribution in [1.29, 1.82) is 0 Å². The first-order valence-corrected chi connectivity index (χ1v) is 4.62. The maximum atomic E-state index is 12.8. The number of pyridine rings is 1. The van der Waals surface area contributed by atoms with Crippen molar-refractivity contribution >= 4 is 6.29 Å². The number of aldehydes is 1. The quantitative estimate of drug-likeness (QED) is 0.742. The van der Waals surface area contributed by atoms with Gasteiger partial charge in [-0.1, -0.05) is 0 Å². The summed E-state index contributed by atoms with van der Waals surface area (Å²) in [5.74, 6) is 0.335. The van der Waals surface area contributed by atoms with Crippen LogP contribution in [0.25, 0.3) is 0 Å². The molecule has 0 atom stereocenters. The molecular weight excluding hydrogens is 209 g/mol. The Bertz CT molecular complexity index is 500. The largest absolute Gasteiger partial charge is 0.455 e. The predicted octanol–water partition coefficient (Wildman–Crippen LogP) is 2.83.